The Morgan fingerprint density at radius 1 is 1.39 bits per heavy atom. The molecule has 1 unspecified atom stereocenters. The van der Waals surface area contributed by atoms with Gasteiger partial charge in [0.25, 0.3) is 5.91 Å². The van der Waals surface area contributed by atoms with E-state index >= 15 is 0 Å². The van der Waals surface area contributed by atoms with Gasteiger partial charge in [-0.2, -0.15) is 13.2 Å². The normalized spacial score (nSPS) is 12.7. The lowest BCUT2D eigenvalue weighted by Crippen LogP contribution is -2.29. The van der Waals surface area contributed by atoms with Gasteiger partial charge in [-0.3, -0.25) is 4.79 Å². The second-order valence-corrected chi connectivity index (χ2v) is 4.90. The fraction of sp³-hybridized carbons (Fsp3) is 0.333. The van der Waals surface area contributed by atoms with E-state index in [9.17, 15) is 18.0 Å². The van der Waals surface area contributed by atoms with Crippen LogP contribution >= 0.6 is 0 Å². The number of nitrogens with zero attached hydrogens (tertiary/aromatic N) is 2. The third-order valence-corrected chi connectivity index (χ3v) is 3.22. The highest BCUT2D eigenvalue weighted by Gasteiger charge is 2.28. The smallest absolute Gasteiger partial charge is 0.422 e. The zero-order chi connectivity index (χ0) is 17.0. The van der Waals surface area contributed by atoms with E-state index in [-0.39, 0.29) is 23.4 Å². The SMILES string of the molecule is CC(c1ccco1)N(C)C(=O)c1ccc(OCC(F)(F)F)nc1. The molecule has 2 rings (SSSR count). The number of pyridine rings is 1. The molecule has 0 fully saturated rings. The zero-order valence-electron chi connectivity index (χ0n) is 12.5. The number of hydrogen-bond donors (Lipinski definition) is 0. The van der Waals surface area contributed by atoms with E-state index in [1.807, 2.05) is 0 Å². The number of hydrogen-bond acceptors (Lipinski definition) is 4. The van der Waals surface area contributed by atoms with Crippen LogP contribution in [0.1, 0.15) is 29.1 Å². The van der Waals surface area contributed by atoms with Crippen molar-refractivity contribution in [1.82, 2.24) is 9.88 Å². The predicted octanol–water partition coefficient (Wildman–Crippen LogP) is 3.45. The maximum Gasteiger partial charge on any atom is 0.422 e. The number of aromatic nitrogens is 1. The van der Waals surface area contributed by atoms with Crippen molar-refractivity contribution in [3.8, 4) is 5.88 Å². The van der Waals surface area contributed by atoms with Gasteiger partial charge in [-0.1, -0.05) is 0 Å². The largest absolute Gasteiger partial charge is 0.468 e. The highest BCUT2D eigenvalue weighted by molar-refractivity contribution is 5.94. The van der Waals surface area contributed by atoms with E-state index in [0.717, 1.165) is 0 Å². The minimum Gasteiger partial charge on any atom is -0.468 e. The van der Waals surface area contributed by atoms with Crippen LogP contribution in [-0.4, -0.2) is 35.6 Å². The molecule has 0 saturated carbocycles. The Kier molecular flexibility index (Phi) is 4.92. The second-order valence-electron chi connectivity index (χ2n) is 4.90. The van der Waals surface area contributed by atoms with Crippen molar-refractivity contribution in [1.29, 1.82) is 0 Å². The van der Waals surface area contributed by atoms with Crippen LogP contribution in [0.2, 0.25) is 0 Å². The number of carbonyl (C=O) groups excluding carboxylic acids is 1. The lowest BCUT2D eigenvalue weighted by molar-refractivity contribution is -0.154. The molecule has 2 heterocycles. The van der Waals surface area contributed by atoms with Gasteiger partial charge >= 0.3 is 6.18 Å². The summed E-state index contributed by atoms with van der Waals surface area (Å²) in [4.78, 5) is 17.5. The summed E-state index contributed by atoms with van der Waals surface area (Å²) in [5.41, 5.74) is 0.241. The van der Waals surface area contributed by atoms with Crippen LogP contribution in [0, 0.1) is 0 Å². The summed E-state index contributed by atoms with van der Waals surface area (Å²) >= 11 is 0. The van der Waals surface area contributed by atoms with E-state index in [1.54, 1.807) is 26.1 Å². The van der Waals surface area contributed by atoms with Crippen molar-refractivity contribution in [3.63, 3.8) is 0 Å². The first-order chi connectivity index (χ1) is 10.8. The molecule has 0 aliphatic heterocycles. The summed E-state index contributed by atoms with van der Waals surface area (Å²) < 4.78 is 45.9. The van der Waals surface area contributed by atoms with Crippen molar-refractivity contribution in [2.45, 2.75) is 19.1 Å². The topological polar surface area (TPSA) is 55.6 Å². The molecule has 8 heteroatoms. The number of ether oxygens (including phenoxy) is 1. The lowest BCUT2D eigenvalue weighted by Gasteiger charge is -2.23. The lowest BCUT2D eigenvalue weighted by atomic mass is 10.2. The highest BCUT2D eigenvalue weighted by atomic mass is 19.4. The predicted molar refractivity (Wildman–Crippen MR) is 75.0 cm³/mol. The molecule has 2 aromatic heterocycles. The Hall–Kier alpha value is -2.51. The summed E-state index contributed by atoms with van der Waals surface area (Å²) in [7, 11) is 1.60. The highest BCUT2D eigenvalue weighted by Crippen LogP contribution is 2.22. The van der Waals surface area contributed by atoms with Crippen molar-refractivity contribution in [2.75, 3.05) is 13.7 Å². The van der Waals surface area contributed by atoms with Gasteiger partial charge in [-0.05, 0) is 25.1 Å². The summed E-state index contributed by atoms with van der Waals surface area (Å²) in [5, 5.41) is 0. The second kappa shape index (κ2) is 6.72. The Morgan fingerprint density at radius 3 is 2.65 bits per heavy atom. The Morgan fingerprint density at radius 2 is 2.13 bits per heavy atom. The van der Waals surface area contributed by atoms with Crippen LogP contribution in [0.5, 0.6) is 5.88 Å². The molecule has 5 nitrogen and oxygen atoms in total. The molecule has 124 valence electrons. The van der Waals surface area contributed by atoms with Crippen LogP contribution in [-0.2, 0) is 0 Å². The average Bonchev–Trinajstić information content (AvgIpc) is 3.05. The molecule has 1 atom stereocenters. The van der Waals surface area contributed by atoms with Gasteiger partial charge in [0.15, 0.2) is 6.61 Å². The fourth-order valence-corrected chi connectivity index (χ4v) is 1.85. The molecule has 0 N–H and O–H groups in total. The summed E-state index contributed by atoms with van der Waals surface area (Å²) in [6.07, 6.45) is -1.74. The molecule has 23 heavy (non-hydrogen) atoms. The van der Waals surface area contributed by atoms with Crippen molar-refractivity contribution in [2.24, 2.45) is 0 Å². The van der Waals surface area contributed by atoms with Crippen LogP contribution in [0.25, 0.3) is 0 Å². The third kappa shape index (κ3) is 4.48. The molecule has 0 spiro atoms. The maximum atomic E-state index is 12.3. The van der Waals surface area contributed by atoms with E-state index in [0.29, 0.717) is 5.76 Å². The first-order valence-corrected chi connectivity index (χ1v) is 6.74. The summed E-state index contributed by atoms with van der Waals surface area (Å²) in [6, 6.07) is 5.77. The Balaban J connectivity index is 2.02. The van der Waals surface area contributed by atoms with Crippen LogP contribution in [0.4, 0.5) is 13.2 Å². The van der Waals surface area contributed by atoms with Gasteiger partial charge in [0, 0.05) is 19.3 Å². The van der Waals surface area contributed by atoms with Crippen molar-refractivity contribution < 1.29 is 27.1 Å². The minimum absolute atomic E-state index is 0.194. The van der Waals surface area contributed by atoms with Crippen LogP contribution < -0.4 is 4.74 Å². The monoisotopic (exact) mass is 328 g/mol. The van der Waals surface area contributed by atoms with E-state index in [4.69, 9.17) is 4.42 Å². The molecule has 0 saturated heterocycles. The molecule has 0 aliphatic rings. The summed E-state index contributed by atoms with van der Waals surface area (Å²) in [6.45, 7) is 0.369. The van der Waals surface area contributed by atoms with Crippen LogP contribution in [0.15, 0.2) is 41.1 Å². The quantitative estimate of drug-likeness (QED) is 0.843. The Labute approximate surface area is 130 Å². The van der Waals surface area contributed by atoms with Crippen LogP contribution in [0.3, 0.4) is 0 Å². The van der Waals surface area contributed by atoms with E-state index in [1.165, 1.54) is 29.5 Å². The van der Waals surface area contributed by atoms with Gasteiger partial charge in [0.1, 0.15) is 5.76 Å². The molecule has 0 aromatic carbocycles. The molecule has 0 radical (unpaired) electrons. The number of rotatable bonds is 5. The van der Waals surface area contributed by atoms with Gasteiger partial charge in [-0.25, -0.2) is 4.98 Å². The van der Waals surface area contributed by atoms with Gasteiger partial charge < -0.3 is 14.1 Å². The van der Waals surface area contributed by atoms with E-state index < -0.39 is 12.8 Å². The number of carbonyl (C=O) groups is 1. The van der Waals surface area contributed by atoms with Gasteiger partial charge in [-0.15, -0.1) is 0 Å². The van der Waals surface area contributed by atoms with Gasteiger partial charge in [0.05, 0.1) is 17.9 Å². The first kappa shape index (κ1) is 16.9. The molecule has 2 aromatic rings. The zero-order valence-corrected chi connectivity index (χ0v) is 12.5. The summed E-state index contributed by atoms with van der Waals surface area (Å²) in [5.74, 6) is 0.100. The standard InChI is InChI=1S/C15H15F3N2O3/c1-10(12-4-3-7-22-12)20(2)14(21)11-5-6-13(19-8-11)23-9-15(16,17)18/h3-8,10H,9H2,1-2H3. The minimum atomic E-state index is -4.44. The van der Waals surface area contributed by atoms with Gasteiger partial charge in [0.2, 0.25) is 5.88 Å². The number of furan rings is 1. The van der Waals surface area contributed by atoms with Crippen molar-refractivity contribution >= 4 is 5.91 Å². The average molecular weight is 328 g/mol. The third-order valence-electron chi connectivity index (χ3n) is 3.22. The molecule has 0 aliphatic carbocycles. The Bertz CT molecular complexity index is 639. The van der Waals surface area contributed by atoms with E-state index in [2.05, 4.69) is 9.72 Å². The molecular formula is C15H15F3N2O3. The van der Waals surface area contributed by atoms with Crippen molar-refractivity contribution in [3.05, 3.63) is 48.0 Å². The number of amides is 1. The molecule has 0 bridgehead atoms. The molecular weight excluding hydrogens is 313 g/mol. The maximum absolute atomic E-state index is 12.3. The fourth-order valence-electron chi connectivity index (χ4n) is 1.85. The number of halogens is 3. The number of alkyl halides is 3. The molecule has 1 amide bonds. The first-order valence-electron chi connectivity index (χ1n) is 6.74.